The molecule has 0 amide bonds. The minimum absolute atomic E-state index is 0.0149. The van der Waals surface area contributed by atoms with Crippen molar-refractivity contribution < 1.29 is 28.1 Å². The quantitative estimate of drug-likeness (QED) is 0.247. The van der Waals surface area contributed by atoms with Gasteiger partial charge in [0.25, 0.3) is 0 Å². The average Bonchev–Trinajstić information content (AvgIpc) is 3.50. The number of sulfonamides is 1. The van der Waals surface area contributed by atoms with Crippen molar-refractivity contribution in [2.24, 2.45) is 0 Å². The molecular formula is C33H37N3O6S. The average molecular weight is 604 g/mol. The Bertz CT molecular complexity index is 1630. The Morgan fingerprint density at radius 3 is 2.42 bits per heavy atom. The maximum absolute atomic E-state index is 13.1. The molecule has 0 radical (unpaired) electrons. The number of nitrogens with one attached hydrogen (secondary N) is 1. The van der Waals surface area contributed by atoms with Gasteiger partial charge in [-0.15, -0.1) is 0 Å². The van der Waals surface area contributed by atoms with Crippen molar-refractivity contribution in [3.8, 4) is 0 Å². The summed E-state index contributed by atoms with van der Waals surface area (Å²) in [5.74, 6) is 0. The van der Waals surface area contributed by atoms with Crippen LogP contribution in [-0.4, -0.2) is 60.4 Å². The molecule has 10 heteroatoms. The lowest BCUT2D eigenvalue weighted by atomic mass is 9.99. The van der Waals surface area contributed by atoms with E-state index in [1.807, 2.05) is 60.7 Å². The van der Waals surface area contributed by atoms with Gasteiger partial charge >= 0.3 is 0 Å². The number of benzene rings is 3. The number of hydrogen-bond acceptors (Lipinski definition) is 8. The third-order valence-corrected chi connectivity index (χ3v) is 9.80. The number of pyridine rings is 1. The molecule has 3 aromatic carbocycles. The molecule has 43 heavy (non-hydrogen) atoms. The molecule has 3 N–H and O–H groups in total. The summed E-state index contributed by atoms with van der Waals surface area (Å²) >= 11 is 0. The van der Waals surface area contributed by atoms with Crippen LogP contribution in [0.5, 0.6) is 0 Å². The summed E-state index contributed by atoms with van der Waals surface area (Å²) in [5.41, 5.74) is 3.94. The van der Waals surface area contributed by atoms with Crippen molar-refractivity contribution >= 4 is 20.9 Å². The van der Waals surface area contributed by atoms with Crippen LogP contribution in [0.2, 0.25) is 0 Å². The van der Waals surface area contributed by atoms with Crippen molar-refractivity contribution in [3.63, 3.8) is 0 Å². The van der Waals surface area contributed by atoms with E-state index in [9.17, 15) is 18.6 Å². The first-order chi connectivity index (χ1) is 20.9. The highest BCUT2D eigenvalue weighted by atomic mass is 32.2. The molecule has 2 saturated heterocycles. The van der Waals surface area contributed by atoms with Crippen molar-refractivity contribution in [2.75, 3.05) is 19.7 Å². The number of aliphatic hydroxyl groups excluding tert-OH is 2. The van der Waals surface area contributed by atoms with Gasteiger partial charge in [-0.1, -0.05) is 66.7 Å². The predicted octanol–water partition coefficient (Wildman–Crippen LogP) is 4.21. The number of hydrogen-bond donors (Lipinski definition) is 3. The van der Waals surface area contributed by atoms with E-state index >= 15 is 0 Å². The fourth-order valence-corrected chi connectivity index (χ4v) is 7.17. The van der Waals surface area contributed by atoms with Gasteiger partial charge in [-0.25, -0.2) is 13.1 Å². The van der Waals surface area contributed by atoms with E-state index in [-0.39, 0.29) is 42.9 Å². The molecule has 6 rings (SSSR count). The molecule has 1 aromatic heterocycles. The summed E-state index contributed by atoms with van der Waals surface area (Å²) in [6.07, 6.45) is 3.40. The molecule has 2 aliphatic heterocycles. The van der Waals surface area contributed by atoms with Gasteiger partial charge in [-0.05, 0) is 48.2 Å². The largest absolute Gasteiger partial charge is 0.395 e. The number of rotatable bonds is 10. The summed E-state index contributed by atoms with van der Waals surface area (Å²) in [4.78, 5) is 6.73. The minimum atomic E-state index is -3.78. The van der Waals surface area contributed by atoms with Gasteiger partial charge in [0.1, 0.15) is 4.90 Å². The topological polar surface area (TPSA) is 121 Å². The first kappa shape index (κ1) is 29.8. The van der Waals surface area contributed by atoms with Gasteiger partial charge in [0, 0.05) is 42.7 Å². The lowest BCUT2D eigenvalue weighted by molar-refractivity contribution is -0.253. The van der Waals surface area contributed by atoms with E-state index in [0.29, 0.717) is 18.5 Å². The molecule has 0 spiro atoms. The molecule has 4 aromatic rings. The van der Waals surface area contributed by atoms with Crippen LogP contribution in [0.3, 0.4) is 0 Å². The zero-order valence-electron chi connectivity index (χ0n) is 23.9. The van der Waals surface area contributed by atoms with Gasteiger partial charge in [0.05, 0.1) is 30.9 Å². The number of likely N-dealkylation sites (tertiary alicyclic amines) is 1. The van der Waals surface area contributed by atoms with Gasteiger partial charge in [-0.2, -0.15) is 0 Å². The second-order valence-electron chi connectivity index (χ2n) is 11.2. The number of fused-ring (bicyclic) bond motifs is 1. The highest BCUT2D eigenvalue weighted by Crippen LogP contribution is 2.38. The normalized spacial score (nSPS) is 23.1. The lowest BCUT2D eigenvalue weighted by Gasteiger charge is -2.38. The fourth-order valence-electron chi connectivity index (χ4n) is 5.98. The van der Waals surface area contributed by atoms with Gasteiger partial charge in [0.15, 0.2) is 6.29 Å². The van der Waals surface area contributed by atoms with Crippen LogP contribution >= 0.6 is 0 Å². The second kappa shape index (κ2) is 13.2. The Kier molecular flexibility index (Phi) is 9.15. The Morgan fingerprint density at radius 1 is 0.907 bits per heavy atom. The van der Waals surface area contributed by atoms with Crippen LogP contribution in [0, 0.1) is 0 Å². The lowest BCUT2D eigenvalue weighted by Crippen LogP contribution is -2.42. The summed E-state index contributed by atoms with van der Waals surface area (Å²) in [7, 11) is -3.78. The molecule has 4 unspecified atom stereocenters. The molecule has 0 aliphatic carbocycles. The third-order valence-electron chi connectivity index (χ3n) is 8.37. The zero-order chi connectivity index (χ0) is 29.8. The molecular weight excluding hydrogens is 566 g/mol. The van der Waals surface area contributed by atoms with Crippen molar-refractivity contribution in [2.45, 2.75) is 61.8 Å². The number of aromatic nitrogens is 1. The van der Waals surface area contributed by atoms with Crippen molar-refractivity contribution in [3.05, 3.63) is 107 Å². The molecule has 9 nitrogen and oxygen atoms in total. The minimum Gasteiger partial charge on any atom is -0.395 e. The van der Waals surface area contributed by atoms with Gasteiger partial charge in [0.2, 0.25) is 10.0 Å². The van der Waals surface area contributed by atoms with Crippen LogP contribution in [0.1, 0.15) is 53.9 Å². The molecule has 0 bridgehead atoms. The van der Waals surface area contributed by atoms with Gasteiger partial charge < -0.3 is 19.7 Å². The Morgan fingerprint density at radius 2 is 1.65 bits per heavy atom. The number of para-hydroxylation sites is 1. The summed E-state index contributed by atoms with van der Waals surface area (Å²) < 4.78 is 41.9. The zero-order valence-corrected chi connectivity index (χ0v) is 24.7. The van der Waals surface area contributed by atoms with Crippen molar-refractivity contribution in [1.29, 1.82) is 0 Å². The van der Waals surface area contributed by atoms with E-state index in [2.05, 4.69) is 14.6 Å². The Balaban J connectivity index is 1.17. The van der Waals surface area contributed by atoms with Crippen LogP contribution in [-0.2, 0) is 32.6 Å². The SMILES string of the molecule is O=S(=O)(NCc1ccc(C2OC(CN3CCCC3CO)CC(c3ccc(CO)cc3)O2)cc1)c1cccc2cccnc12. The number of nitrogens with zero attached hydrogens (tertiary/aromatic N) is 2. The van der Waals surface area contributed by atoms with E-state index < -0.39 is 16.3 Å². The fraction of sp³-hybridized carbons (Fsp3) is 0.364. The first-order valence-electron chi connectivity index (χ1n) is 14.7. The Hall–Kier alpha value is -3.22. The molecule has 2 aliphatic rings. The van der Waals surface area contributed by atoms with Crippen molar-refractivity contribution in [1.82, 2.24) is 14.6 Å². The summed E-state index contributed by atoms with van der Waals surface area (Å²) in [5, 5.41) is 20.1. The standard InChI is InChI=1S/C33H37N3O6S/c37-21-24-10-12-25(13-11-24)30-18-29(20-36-17-3-6-28(36)22-38)41-33(42-30)27-14-8-23(9-15-27)19-35-43(39,40)31-7-1-4-26-5-2-16-34-32(26)31/h1-2,4-5,7-16,28-30,33,35,37-38H,3,6,17-22H2. The molecule has 4 atom stereocenters. The first-order valence-corrected chi connectivity index (χ1v) is 16.2. The molecule has 2 fully saturated rings. The number of ether oxygens (including phenoxy) is 2. The second-order valence-corrected chi connectivity index (χ2v) is 13.0. The maximum Gasteiger partial charge on any atom is 0.243 e. The van der Waals surface area contributed by atoms with Crippen LogP contribution in [0.15, 0.2) is 90.0 Å². The number of aliphatic hydroxyl groups is 2. The van der Waals surface area contributed by atoms with E-state index in [0.717, 1.165) is 47.0 Å². The van der Waals surface area contributed by atoms with Gasteiger partial charge in [-0.3, -0.25) is 9.88 Å². The highest BCUT2D eigenvalue weighted by molar-refractivity contribution is 7.89. The Labute approximate surface area is 252 Å². The van der Waals surface area contributed by atoms with E-state index in [1.54, 1.807) is 24.4 Å². The smallest absolute Gasteiger partial charge is 0.243 e. The van der Waals surface area contributed by atoms with Crippen LogP contribution in [0.4, 0.5) is 0 Å². The van der Waals surface area contributed by atoms with E-state index in [4.69, 9.17) is 9.47 Å². The molecule has 226 valence electrons. The predicted molar refractivity (Wildman–Crippen MR) is 162 cm³/mol. The molecule has 3 heterocycles. The summed E-state index contributed by atoms with van der Waals surface area (Å²) in [6.45, 7) is 1.89. The summed E-state index contributed by atoms with van der Waals surface area (Å²) in [6, 6.07) is 24.3. The third kappa shape index (κ3) is 6.81. The maximum atomic E-state index is 13.1. The molecule has 0 saturated carbocycles. The highest BCUT2D eigenvalue weighted by Gasteiger charge is 2.35. The van der Waals surface area contributed by atoms with E-state index in [1.165, 1.54) is 0 Å². The van der Waals surface area contributed by atoms with Crippen LogP contribution < -0.4 is 4.72 Å². The monoisotopic (exact) mass is 603 g/mol. The van der Waals surface area contributed by atoms with Crippen LogP contribution in [0.25, 0.3) is 10.9 Å².